The van der Waals surface area contributed by atoms with Crippen LogP contribution in [0.5, 0.6) is 0 Å². The first kappa shape index (κ1) is 11.1. The number of hydrogen-bond donors (Lipinski definition) is 1. The molecule has 4 aliphatic carbocycles. The summed E-state index contributed by atoms with van der Waals surface area (Å²) in [4.78, 5) is 0. The number of rotatable bonds is 3. The van der Waals surface area contributed by atoms with E-state index in [0.29, 0.717) is 5.41 Å². The van der Waals surface area contributed by atoms with Crippen molar-refractivity contribution in [3.63, 3.8) is 0 Å². The molecule has 1 atom stereocenters. The Morgan fingerprint density at radius 2 is 1.78 bits per heavy atom. The van der Waals surface area contributed by atoms with Crippen molar-refractivity contribution in [3.05, 3.63) is 24.2 Å². The van der Waals surface area contributed by atoms with E-state index in [1.165, 1.54) is 38.5 Å². The van der Waals surface area contributed by atoms with Gasteiger partial charge in [-0.3, -0.25) is 0 Å². The Morgan fingerprint density at radius 3 is 2.28 bits per heavy atom. The fourth-order valence-corrected chi connectivity index (χ4v) is 5.61. The molecule has 2 N–H and O–H groups in total. The Balaban J connectivity index is 1.54. The van der Waals surface area contributed by atoms with Crippen molar-refractivity contribution in [1.82, 2.24) is 0 Å². The van der Waals surface area contributed by atoms with Crippen LogP contribution in [0.4, 0.5) is 0 Å². The Bertz CT molecular complexity index is 387. The van der Waals surface area contributed by atoms with Crippen molar-refractivity contribution in [1.29, 1.82) is 0 Å². The molecule has 1 aromatic heterocycles. The molecular formula is C16H23NO. The second kappa shape index (κ2) is 3.86. The van der Waals surface area contributed by atoms with Crippen molar-refractivity contribution < 1.29 is 4.42 Å². The van der Waals surface area contributed by atoms with Crippen LogP contribution < -0.4 is 5.73 Å². The van der Waals surface area contributed by atoms with Crippen molar-refractivity contribution in [2.24, 2.45) is 28.9 Å². The third-order valence-corrected chi connectivity index (χ3v) is 5.73. The molecule has 0 spiro atoms. The Labute approximate surface area is 109 Å². The van der Waals surface area contributed by atoms with E-state index in [9.17, 15) is 0 Å². The quantitative estimate of drug-likeness (QED) is 0.877. The van der Waals surface area contributed by atoms with Crippen LogP contribution in [0.15, 0.2) is 22.8 Å². The Hall–Kier alpha value is -0.760. The lowest BCUT2D eigenvalue weighted by molar-refractivity contribution is -0.0613. The van der Waals surface area contributed by atoms with Gasteiger partial charge in [-0.1, -0.05) is 0 Å². The maximum absolute atomic E-state index is 6.37. The molecule has 2 nitrogen and oxygen atoms in total. The summed E-state index contributed by atoms with van der Waals surface area (Å²) in [5.74, 6) is 4.02. The van der Waals surface area contributed by atoms with Gasteiger partial charge in [0.15, 0.2) is 0 Å². The highest BCUT2D eigenvalue weighted by molar-refractivity contribution is 5.08. The summed E-state index contributed by atoms with van der Waals surface area (Å²) >= 11 is 0. The highest BCUT2D eigenvalue weighted by atomic mass is 16.3. The fourth-order valence-electron chi connectivity index (χ4n) is 5.61. The molecule has 4 saturated carbocycles. The van der Waals surface area contributed by atoms with Crippen LogP contribution in [0.1, 0.15) is 56.7 Å². The smallest absolute Gasteiger partial charge is 0.120 e. The van der Waals surface area contributed by atoms with Gasteiger partial charge in [0.2, 0.25) is 0 Å². The summed E-state index contributed by atoms with van der Waals surface area (Å²) in [6.07, 6.45) is 11.7. The monoisotopic (exact) mass is 245 g/mol. The summed E-state index contributed by atoms with van der Waals surface area (Å²) in [5, 5.41) is 0. The predicted molar refractivity (Wildman–Crippen MR) is 70.9 cm³/mol. The van der Waals surface area contributed by atoms with Gasteiger partial charge in [0.1, 0.15) is 5.76 Å². The average molecular weight is 245 g/mol. The third kappa shape index (κ3) is 1.73. The molecule has 1 unspecified atom stereocenters. The normalized spacial score (nSPS) is 43.3. The maximum Gasteiger partial charge on any atom is 0.120 e. The molecule has 18 heavy (non-hydrogen) atoms. The molecule has 1 heterocycles. The highest BCUT2D eigenvalue weighted by Crippen LogP contribution is 2.62. The average Bonchev–Trinajstić information content (AvgIpc) is 2.79. The first-order chi connectivity index (χ1) is 8.72. The maximum atomic E-state index is 6.37. The third-order valence-electron chi connectivity index (χ3n) is 5.73. The van der Waals surface area contributed by atoms with Gasteiger partial charge in [-0.15, -0.1) is 0 Å². The largest absolute Gasteiger partial charge is 0.468 e. The van der Waals surface area contributed by atoms with Crippen LogP contribution in [-0.4, -0.2) is 0 Å². The van der Waals surface area contributed by atoms with Crippen LogP contribution in [0, 0.1) is 23.2 Å². The van der Waals surface area contributed by atoms with E-state index in [0.717, 1.165) is 29.9 Å². The van der Waals surface area contributed by atoms with E-state index < -0.39 is 0 Å². The molecule has 1 aromatic rings. The lowest BCUT2D eigenvalue weighted by atomic mass is 9.48. The number of nitrogens with two attached hydrogens (primary N) is 1. The molecule has 98 valence electrons. The van der Waals surface area contributed by atoms with E-state index in [1.54, 1.807) is 6.26 Å². The molecule has 0 aliphatic heterocycles. The van der Waals surface area contributed by atoms with E-state index in [1.807, 2.05) is 12.1 Å². The van der Waals surface area contributed by atoms with Crippen LogP contribution in [0.3, 0.4) is 0 Å². The standard InChI is InChI=1S/C16H23NO/c17-14(15-2-1-3-18-15)10-16-7-11-4-12(8-16)6-13(5-11)9-16/h1-3,11-14H,4-10,17H2. The van der Waals surface area contributed by atoms with Gasteiger partial charge in [-0.05, 0) is 80.2 Å². The summed E-state index contributed by atoms with van der Waals surface area (Å²) in [5.41, 5.74) is 6.92. The minimum atomic E-state index is 0.108. The summed E-state index contributed by atoms with van der Waals surface area (Å²) in [6, 6.07) is 4.09. The minimum absolute atomic E-state index is 0.108. The van der Waals surface area contributed by atoms with Crippen molar-refractivity contribution in [2.45, 2.75) is 51.0 Å². The molecule has 4 aliphatic rings. The van der Waals surface area contributed by atoms with E-state index in [4.69, 9.17) is 10.2 Å². The Morgan fingerprint density at radius 1 is 1.17 bits per heavy atom. The lowest BCUT2D eigenvalue weighted by Crippen LogP contribution is -2.47. The fraction of sp³-hybridized carbons (Fsp3) is 0.750. The minimum Gasteiger partial charge on any atom is -0.468 e. The van der Waals surface area contributed by atoms with Crippen molar-refractivity contribution >= 4 is 0 Å². The summed E-state index contributed by atoms with van der Waals surface area (Å²) in [7, 11) is 0. The van der Waals surface area contributed by atoms with E-state index in [-0.39, 0.29) is 6.04 Å². The molecule has 4 bridgehead atoms. The first-order valence-electron chi connectivity index (χ1n) is 7.51. The lowest BCUT2D eigenvalue weighted by Gasteiger charge is -2.57. The zero-order valence-electron chi connectivity index (χ0n) is 11.0. The zero-order valence-corrected chi connectivity index (χ0v) is 11.0. The van der Waals surface area contributed by atoms with Gasteiger partial charge in [0.25, 0.3) is 0 Å². The van der Waals surface area contributed by atoms with Gasteiger partial charge < -0.3 is 10.2 Å². The summed E-state index contributed by atoms with van der Waals surface area (Å²) in [6.45, 7) is 0. The van der Waals surface area contributed by atoms with Gasteiger partial charge in [-0.2, -0.15) is 0 Å². The molecule has 0 radical (unpaired) electrons. The zero-order chi connectivity index (χ0) is 12.2. The number of hydrogen-bond acceptors (Lipinski definition) is 2. The SMILES string of the molecule is NC(CC12CC3CC(CC(C3)C1)C2)c1ccco1. The summed E-state index contributed by atoms with van der Waals surface area (Å²) < 4.78 is 5.48. The molecule has 5 rings (SSSR count). The molecule has 0 aromatic carbocycles. The van der Waals surface area contributed by atoms with Gasteiger partial charge >= 0.3 is 0 Å². The van der Waals surface area contributed by atoms with Gasteiger partial charge in [0, 0.05) is 0 Å². The van der Waals surface area contributed by atoms with Crippen LogP contribution in [0.25, 0.3) is 0 Å². The van der Waals surface area contributed by atoms with Gasteiger partial charge in [-0.25, -0.2) is 0 Å². The van der Waals surface area contributed by atoms with E-state index >= 15 is 0 Å². The molecule has 0 saturated heterocycles. The Kier molecular flexibility index (Phi) is 2.38. The molecule has 4 fully saturated rings. The van der Waals surface area contributed by atoms with Gasteiger partial charge in [0.05, 0.1) is 12.3 Å². The molecule has 2 heteroatoms. The second-order valence-electron chi connectivity index (χ2n) is 7.24. The van der Waals surface area contributed by atoms with Crippen molar-refractivity contribution in [3.8, 4) is 0 Å². The topological polar surface area (TPSA) is 39.2 Å². The first-order valence-corrected chi connectivity index (χ1v) is 7.51. The highest BCUT2D eigenvalue weighted by Gasteiger charge is 2.51. The second-order valence-corrected chi connectivity index (χ2v) is 7.24. The number of furan rings is 1. The van der Waals surface area contributed by atoms with Crippen LogP contribution in [0.2, 0.25) is 0 Å². The predicted octanol–water partition coefficient (Wildman–Crippen LogP) is 3.89. The van der Waals surface area contributed by atoms with Crippen LogP contribution >= 0.6 is 0 Å². The van der Waals surface area contributed by atoms with Crippen molar-refractivity contribution in [2.75, 3.05) is 0 Å². The molecule has 0 amide bonds. The van der Waals surface area contributed by atoms with E-state index in [2.05, 4.69) is 0 Å². The van der Waals surface area contributed by atoms with Crippen LogP contribution in [-0.2, 0) is 0 Å². The molecular weight excluding hydrogens is 222 g/mol.